The predicted octanol–water partition coefficient (Wildman–Crippen LogP) is 4.12. The largest absolute Gasteiger partial charge is 0.349 e. The molecule has 0 atom stereocenters. The zero-order chi connectivity index (χ0) is 15.9. The van der Waals surface area contributed by atoms with E-state index in [0.717, 1.165) is 21.1 Å². The van der Waals surface area contributed by atoms with Crippen LogP contribution in [0.4, 0.5) is 11.5 Å². The summed E-state index contributed by atoms with van der Waals surface area (Å²) in [6, 6.07) is 13.3. The number of hydrogen-bond donors (Lipinski definition) is 0. The van der Waals surface area contributed by atoms with Crippen LogP contribution in [0.2, 0.25) is 5.02 Å². The van der Waals surface area contributed by atoms with Crippen molar-refractivity contribution >= 4 is 49.9 Å². The molecule has 1 aromatic heterocycles. The highest BCUT2D eigenvalue weighted by Crippen LogP contribution is 2.30. The minimum absolute atomic E-state index is 0.313. The molecule has 6 heteroatoms. The average Bonchev–Trinajstić information content (AvgIpc) is 2.50. The van der Waals surface area contributed by atoms with Crippen molar-refractivity contribution in [3.63, 3.8) is 0 Å². The number of fused-ring (bicyclic) bond motifs is 1. The summed E-state index contributed by atoms with van der Waals surface area (Å²) < 4.78 is 2.47. The van der Waals surface area contributed by atoms with Gasteiger partial charge in [-0.25, -0.2) is 4.79 Å². The standard InChI is InChI=1S/C16H13BrClN3O/c1-20(12-5-3-4-10(17)8-12)15-13-7-6-11(18)9-14(13)21(2)16(22)19-15/h3-9H,1-2H3. The lowest BCUT2D eigenvalue weighted by Crippen LogP contribution is -2.24. The molecule has 22 heavy (non-hydrogen) atoms. The third-order valence-electron chi connectivity index (χ3n) is 3.56. The molecule has 0 aliphatic rings. The van der Waals surface area contributed by atoms with Crippen molar-refractivity contribution < 1.29 is 0 Å². The van der Waals surface area contributed by atoms with Crippen molar-refractivity contribution in [3.05, 3.63) is 62.4 Å². The number of aromatic nitrogens is 2. The molecular weight excluding hydrogens is 366 g/mol. The van der Waals surface area contributed by atoms with Crippen molar-refractivity contribution in [2.45, 2.75) is 0 Å². The number of anilines is 2. The van der Waals surface area contributed by atoms with Gasteiger partial charge in [0.05, 0.1) is 5.52 Å². The van der Waals surface area contributed by atoms with Gasteiger partial charge in [-0.3, -0.25) is 4.57 Å². The molecule has 1 heterocycles. The van der Waals surface area contributed by atoms with Crippen LogP contribution in [0.15, 0.2) is 51.7 Å². The van der Waals surface area contributed by atoms with E-state index in [0.29, 0.717) is 10.8 Å². The van der Waals surface area contributed by atoms with Crippen molar-refractivity contribution in [3.8, 4) is 0 Å². The third-order valence-corrected chi connectivity index (χ3v) is 4.29. The second kappa shape index (κ2) is 5.74. The van der Waals surface area contributed by atoms with E-state index >= 15 is 0 Å². The summed E-state index contributed by atoms with van der Waals surface area (Å²) in [6.45, 7) is 0. The molecule has 0 spiro atoms. The fourth-order valence-corrected chi connectivity index (χ4v) is 2.92. The molecule has 0 N–H and O–H groups in total. The summed E-state index contributed by atoms with van der Waals surface area (Å²) in [5, 5.41) is 1.46. The monoisotopic (exact) mass is 377 g/mol. The van der Waals surface area contributed by atoms with Crippen molar-refractivity contribution in [1.29, 1.82) is 0 Å². The molecule has 112 valence electrons. The Morgan fingerprint density at radius 2 is 2.00 bits per heavy atom. The van der Waals surface area contributed by atoms with Crippen molar-refractivity contribution in [2.24, 2.45) is 7.05 Å². The number of hydrogen-bond acceptors (Lipinski definition) is 3. The summed E-state index contributed by atoms with van der Waals surface area (Å²) in [6.07, 6.45) is 0. The molecule has 0 aliphatic carbocycles. The number of aryl methyl sites for hydroxylation is 1. The number of nitrogens with zero attached hydrogens (tertiary/aromatic N) is 3. The zero-order valence-corrected chi connectivity index (χ0v) is 14.4. The Morgan fingerprint density at radius 3 is 2.73 bits per heavy atom. The topological polar surface area (TPSA) is 38.1 Å². The molecule has 4 nitrogen and oxygen atoms in total. The zero-order valence-electron chi connectivity index (χ0n) is 12.0. The van der Waals surface area contributed by atoms with Gasteiger partial charge in [0.2, 0.25) is 0 Å². The molecule has 0 bridgehead atoms. The van der Waals surface area contributed by atoms with Gasteiger partial charge in [0, 0.05) is 34.7 Å². The molecule has 2 aromatic carbocycles. The Bertz CT molecular complexity index is 923. The van der Waals surface area contributed by atoms with Gasteiger partial charge in [0.1, 0.15) is 5.82 Å². The average molecular weight is 379 g/mol. The first kappa shape index (κ1) is 15.1. The Balaban J connectivity index is 2.27. The van der Waals surface area contributed by atoms with Crippen LogP contribution < -0.4 is 10.6 Å². The van der Waals surface area contributed by atoms with Gasteiger partial charge in [0.25, 0.3) is 0 Å². The highest BCUT2D eigenvalue weighted by atomic mass is 79.9. The normalized spacial score (nSPS) is 10.9. The Kier molecular flexibility index (Phi) is 3.93. The van der Waals surface area contributed by atoms with Gasteiger partial charge in [-0.15, -0.1) is 0 Å². The fraction of sp³-hybridized carbons (Fsp3) is 0.125. The molecule has 3 aromatic rings. The van der Waals surface area contributed by atoms with E-state index in [1.807, 2.05) is 42.3 Å². The summed E-state index contributed by atoms with van der Waals surface area (Å²) in [5.41, 5.74) is 1.38. The quantitative estimate of drug-likeness (QED) is 0.673. The van der Waals surface area contributed by atoms with Crippen LogP contribution in [0.3, 0.4) is 0 Å². The van der Waals surface area contributed by atoms with Crippen LogP contribution in [0.5, 0.6) is 0 Å². The summed E-state index contributed by atoms with van der Waals surface area (Å²) in [7, 11) is 3.58. The Labute approximate surface area is 141 Å². The fourth-order valence-electron chi connectivity index (χ4n) is 2.36. The van der Waals surface area contributed by atoms with Gasteiger partial charge in [-0.05, 0) is 36.4 Å². The molecule has 0 aliphatic heterocycles. The van der Waals surface area contributed by atoms with Gasteiger partial charge in [0.15, 0.2) is 0 Å². The van der Waals surface area contributed by atoms with Crippen LogP contribution in [0.1, 0.15) is 0 Å². The molecule has 0 saturated carbocycles. The lowest BCUT2D eigenvalue weighted by Gasteiger charge is -2.21. The first-order valence-electron chi connectivity index (χ1n) is 6.63. The maximum Gasteiger partial charge on any atom is 0.349 e. The highest BCUT2D eigenvalue weighted by molar-refractivity contribution is 9.10. The molecular formula is C16H13BrClN3O. The van der Waals surface area contributed by atoms with E-state index in [4.69, 9.17) is 11.6 Å². The minimum atomic E-state index is -0.313. The van der Waals surface area contributed by atoms with Gasteiger partial charge in [-0.1, -0.05) is 33.6 Å². The van der Waals surface area contributed by atoms with Crippen LogP contribution in [0, 0.1) is 0 Å². The smallest absolute Gasteiger partial charge is 0.329 e. The summed E-state index contributed by atoms with van der Waals surface area (Å²) in [4.78, 5) is 18.2. The van der Waals surface area contributed by atoms with Crippen molar-refractivity contribution in [2.75, 3.05) is 11.9 Å². The molecule has 0 amide bonds. The number of benzene rings is 2. The molecule has 0 radical (unpaired) electrons. The van der Waals surface area contributed by atoms with Crippen LogP contribution in [0.25, 0.3) is 10.9 Å². The second-order valence-corrected chi connectivity index (χ2v) is 6.33. The lowest BCUT2D eigenvalue weighted by atomic mass is 10.2. The van der Waals surface area contributed by atoms with Gasteiger partial charge < -0.3 is 4.90 Å². The van der Waals surface area contributed by atoms with E-state index in [9.17, 15) is 4.79 Å². The Morgan fingerprint density at radius 1 is 1.23 bits per heavy atom. The van der Waals surface area contributed by atoms with Crippen LogP contribution in [-0.4, -0.2) is 16.6 Å². The summed E-state index contributed by atoms with van der Waals surface area (Å²) in [5.74, 6) is 0.605. The predicted molar refractivity (Wildman–Crippen MR) is 94.2 cm³/mol. The number of halogens is 2. The third kappa shape index (κ3) is 2.62. The summed E-state index contributed by atoms with van der Waals surface area (Å²) >= 11 is 9.52. The van der Waals surface area contributed by atoms with Crippen LogP contribution >= 0.6 is 27.5 Å². The highest BCUT2D eigenvalue weighted by Gasteiger charge is 2.14. The van der Waals surface area contributed by atoms with E-state index < -0.39 is 0 Å². The first-order chi connectivity index (χ1) is 10.5. The van der Waals surface area contributed by atoms with E-state index in [-0.39, 0.29) is 5.69 Å². The number of rotatable bonds is 2. The molecule has 0 fully saturated rings. The van der Waals surface area contributed by atoms with E-state index in [2.05, 4.69) is 20.9 Å². The second-order valence-electron chi connectivity index (χ2n) is 4.98. The minimum Gasteiger partial charge on any atom is -0.329 e. The molecule has 0 unspecified atom stereocenters. The van der Waals surface area contributed by atoms with E-state index in [1.165, 1.54) is 4.57 Å². The molecule has 3 rings (SSSR count). The van der Waals surface area contributed by atoms with E-state index in [1.54, 1.807) is 19.2 Å². The first-order valence-corrected chi connectivity index (χ1v) is 7.80. The lowest BCUT2D eigenvalue weighted by molar-refractivity contribution is 0.848. The van der Waals surface area contributed by atoms with Gasteiger partial charge in [-0.2, -0.15) is 4.98 Å². The molecule has 0 saturated heterocycles. The maximum atomic E-state index is 12.1. The van der Waals surface area contributed by atoms with Crippen LogP contribution in [-0.2, 0) is 7.05 Å². The Hall–Kier alpha value is -1.85. The maximum absolute atomic E-state index is 12.1. The van der Waals surface area contributed by atoms with Gasteiger partial charge >= 0.3 is 5.69 Å². The van der Waals surface area contributed by atoms with Crippen molar-refractivity contribution in [1.82, 2.24) is 9.55 Å². The SMILES string of the molecule is CN(c1cccc(Br)c1)c1nc(=O)n(C)c2cc(Cl)ccc12.